The molecular weight excluding hydrogens is 383 g/mol. The summed E-state index contributed by atoms with van der Waals surface area (Å²) in [5.41, 5.74) is 1.30. The van der Waals surface area contributed by atoms with Gasteiger partial charge in [0.25, 0.3) is 0 Å². The summed E-state index contributed by atoms with van der Waals surface area (Å²) in [5, 5.41) is 2.76. The third kappa shape index (κ3) is 3.11. The topological polar surface area (TPSA) is 66.5 Å². The number of carbonyl (C=O) groups excluding carboxylic acids is 3. The van der Waals surface area contributed by atoms with Gasteiger partial charge in [-0.3, -0.25) is 19.3 Å². The number of anilines is 1. The molecular formula is C24H23FN2O3. The Balaban J connectivity index is 1.45. The van der Waals surface area contributed by atoms with E-state index in [2.05, 4.69) is 5.32 Å². The fraction of sp³-hybridized carbons (Fsp3) is 0.375. The molecule has 0 spiro atoms. The summed E-state index contributed by atoms with van der Waals surface area (Å²) in [6.07, 6.45) is 3.18. The van der Waals surface area contributed by atoms with Crippen LogP contribution in [0.5, 0.6) is 0 Å². The van der Waals surface area contributed by atoms with Gasteiger partial charge in [0.05, 0.1) is 11.8 Å². The molecule has 0 unspecified atom stereocenters. The first-order chi connectivity index (χ1) is 14.5. The highest BCUT2D eigenvalue weighted by Crippen LogP contribution is 2.56. The van der Waals surface area contributed by atoms with Crippen molar-refractivity contribution in [1.29, 1.82) is 0 Å². The number of hydrogen-bond acceptors (Lipinski definition) is 3. The Morgan fingerprint density at radius 3 is 2.17 bits per heavy atom. The largest absolute Gasteiger partial charge is 0.324 e. The average Bonchev–Trinajstić information content (AvgIpc) is 3.43. The van der Waals surface area contributed by atoms with E-state index in [1.165, 1.54) is 29.2 Å². The van der Waals surface area contributed by atoms with Crippen molar-refractivity contribution in [3.05, 3.63) is 66.0 Å². The van der Waals surface area contributed by atoms with E-state index in [0.29, 0.717) is 5.69 Å². The molecule has 30 heavy (non-hydrogen) atoms. The molecule has 1 saturated heterocycles. The number of carbonyl (C=O) groups is 3. The summed E-state index contributed by atoms with van der Waals surface area (Å²) in [5.74, 6) is -1.25. The van der Waals surface area contributed by atoms with E-state index in [0.717, 1.165) is 24.8 Å². The zero-order chi connectivity index (χ0) is 20.8. The Hall–Kier alpha value is -3.02. The second kappa shape index (κ2) is 7.35. The van der Waals surface area contributed by atoms with Crippen LogP contribution in [0.25, 0.3) is 0 Å². The molecule has 154 valence electrons. The van der Waals surface area contributed by atoms with Crippen molar-refractivity contribution in [2.75, 3.05) is 5.32 Å². The molecule has 2 bridgehead atoms. The van der Waals surface area contributed by atoms with Crippen molar-refractivity contribution in [1.82, 2.24) is 4.90 Å². The number of fused-ring (bicyclic) bond motifs is 5. The van der Waals surface area contributed by atoms with Gasteiger partial charge >= 0.3 is 0 Å². The van der Waals surface area contributed by atoms with Crippen LogP contribution in [0.2, 0.25) is 0 Å². The quantitative estimate of drug-likeness (QED) is 0.774. The predicted molar refractivity (Wildman–Crippen MR) is 109 cm³/mol. The molecule has 1 N–H and O–H groups in total. The second-order valence-corrected chi connectivity index (χ2v) is 8.63. The Kier molecular flexibility index (Phi) is 4.65. The third-order valence-electron chi connectivity index (χ3n) is 6.96. The van der Waals surface area contributed by atoms with Crippen molar-refractivity contribution in [3.8, 4) is 0 Å². The lowest BCUT2D eigenvalue weighted by Crippen LogP contribution is -2.49. The zero-order valence-corrected chi connectivity index (χ0v) is 16.5. The highest BCUT2D eigenvalue weighted by atomic mass is 19.1. The van der Waals surface area contributed by atoms with Gasteiger partial charge in [-0.2, -0.15) is 0 Å². The molecule has 0 aromatic heterocycles. The smallest absolute Gasteiger partial charge is 0.248 e. The van der Waals surface area contributed by atoms with Crippen molar-refractivity contribution >= 4 is 23.4 Å². The summed E-state index contributed by atoms with van der Waals surface area (Å²) >= 11 is 0. The molecule has 5 atom stereocenters. The van der Waals surface area contributed by atoms with E-state index in [9.17, 15) is 18.8 Å². The normalized spacial score (nSPS) is 28.0. The Bertz CT molecular complexity index is 963. The number of halogens is 1. The molecule has 5 rings (SSSR count). The van der Waals surface area contributed by atoms with Crippen molar-refractivity contribution in [3.63, 3.8) is 0 Å². The Morgan fingerprint density at radius 1 is 0.967 bits per heavy atom. The summed E-state index contributed by atoms with van der Waals surface area (Å²) < 4.78 is 13.2. The van der Waals surface area contributed by atoms with E-state index < -0.39 is 17.8 Å². The number of amides is 3. The van der Waals surface area contributed by atoms with Gasteiger partial charge in [-0.15, -0.1) is 0 Å². The van der Waals surface area contributed by atoms with Crippen LogP contribution in [0.3, 0.4) is 0 Å². The summed E-state index contributed by atoms with van der Waals surface area (Å²) in [6.45, 7) is 0. The standard InChI is InChI=1S/C24H23FN2O3/c25-17-8-10-18(11-9-17)26-22(28)19(12-14-4-2-1-3-5-14)27-23(29)20-15-6-7-16(13-15)21(20)24(27)30/h1-5,8-11,15-16,19-21H,6-7,12-13H2,(H,26,28)/t15-,16+,19-,20-,21-/m0/s1. The minimum Gasteiger partial charge on any atom is -0.324 e. The van der Waals surface area contributed by atoms with Crippen molar-refractivity contribution < 1.29 is 18.8 Å². The Labute approximate surface area is 174 Å². The molecule has 2 aliphatic carbocycles. The van der Waals surface area contributed by atoms with E-state index in [-0.39, 0.29) is 41.9 Å². The number of nitrogens with one attached hydrogen (secondary N) is 1. The van der Waals surface area contributed by atoms with Crippen LogP contribution in [0.1, 0.15) is 24.8 Å². The van der Waals surface area contributed by atoms with Gasteiger partial charge in [-0.1, -0.05) is 30.3 Å². The van der Waals surface area contributed by atoms with Crippen molar-refractivity contribution in [2.24, 2.45) is 23.7 Å². The number of nitrogens with zero attached hydrogens (tertiary/aromatic N) is 1. The molecule has 2 saturated carbocycles. The Morgan fingerprint density at radius 2 is 1.57 bits per heavy atom. The van der Waals surface area contributed by atoms with Crippen LogP contribution in [0, 0.1) is 29.5 Å². The number of hydrogen-bond donors (Lipinski definition) is 1. The lowest BCUT2D eigenvalue weighted by atomic mass is 9.81. The number of likely N-dealkylation sites (tertiary alicyclic amines) is 1. The zero-order valence-electron chi connectivity index (χ0n) is 16.5. The van der Waals surface area contributed by atoms with Gasteiger partial charge in [0.1, 0.15) is 11.9 Å². The fourth-order valence-corrected chi connectivity index (χ4v) is 5.64. The minimum atomic E-state index is -0.928. The highest BCUT2D eigenvalue weighted by molar-refractivity contribution is 6.10. The predicted octanol–water partition coefficient (Wildman–Crippen LogP) is 3.41. The maximum atomic E-state index is 13.3. The second-order valence-electron chi connectivity index (χ2n) is 8.63. The van der Waals surface area contributed by atoms with Gasteiger partial charge in [-0.25, -0.2) is 4.39 Å². The first kappa shape index (κ1) is 19.0. The molecule has 6 heteroatoms. The summed E-state index contributed by atoms with van der Waals surface area (Å²) in [4.78, 5) is 41.0. The van der Waals surface area contributed by atoms with Crippen LogP contribution >= 0.6 is 0 Å². The van der Waals surface area contributed by atoms with Gasteiger partial charge in [-0.05, 0) is 60.9 Å². The molecule has 5 nitrogen and oxygen atoms in total. The SMILES string of the molecule is O=C(Nc1ccc(F)cc1)[C@H](Cc1ccccc1)N1C(=O)[C@H]2[C@@H]3CC[C@@H](C3)[C@@H]2C1=O. The molecule has 2 aromatic carbocycles. The molecule has 3 amide bonds. The maximum Gasteiger partial charge on any atom is 0.248 e. The summed E-state index contributed by atoms with van der Waals surface area (Å²) in [7, 11) is 0. The maximum absolute atomic E-state index is 13.3. The highest BCUT2D eigenvalue weighted by Gasteiger charge is 2.62. The van der Waals surface area contributed by atoms with Gasteiger partial charge in [0, 0.05) is 12.1 Å². The number of imide groups is 1. The van der Waals surface area contributed by atoms with Gasteiger partial charge in [0.15, 0.2) is 0 Å². The van der Waals surface area contributed by atoms with E-state index in [1.54, 1.807) is 0 Å². The molecule has 1 aliphatic heterocycles. The molecule has 3 fully saturated rings. The average molecular weight is 406 g/mol. The van der Waals surface area contributed by atoms with E-state index >= 15 is 0 Å². The van der Waals surface area contributed by atoms with Gasteiger partial charge < -0.3 is 5.32 Å². The lowest BCUT2D eigenvalue weighted by molar-refractivity contribution is -0.147. The van der Waals surface area contributed by atoms with Crippen molar-refractivity contribution in [2.45, 2.75) is 31.7 Å². The van der Waals surface area contributed by atoms with Crippen LogP contribution < -0.4 is 5.32 Å². The summed E-state index contributed by atoms with van der Waals surface area (Å²) in [6, 6.07) is 13.9. The first-order valence-corrected chi connectivity index (χ1v) is 10.5. The monoisotopic (exact) mass is 406 g/mol. The van der Waals surface area contributed by atoms with E-state index in [4.69, 9.17) is 0 Å². The molecule has 3 aliphatic rings. The van der Waals surface area contributed by atoms with E-state index in [1.807, 2.05) is 30.3 Å². The minimum absolute atomic E-state index is 0.201. The third-order valence-corrected chi connectivity index (χ3v) is 6.96. The van der Waals surface area contributed by atoms with Crippen LogP contribution in [-0.2, 0) is 20.8 Å². The van der Waals surface area contributed by atoms with Crippen LogP contribution in [-0.4, -0.2) is 28.7 Å². The van der Waals surface area contributed by atoms with Gasteiger partial charge in [0.2, 0.25) is 17.7 Å². The fourth-order valence-electron chi connectivity index (χ4n) is 5.64. The van der Waals surface area contributed by atoms with Crippen LogP contribution in [0.4, 0.5) is 10.1 Å². The first-order valence-electron chi connectivity index (χ1n) is 10.5. The lowest BCUT2D eigenvalue weighted by Gasteiger charge is -2.27. The number of rotatable bonds is 5. The molecule has 0 radical (unpaired) electrons. The molecule has 2 aromatic rings. The van der Waals surface area contributed by atoms with Crippen LogP contribution in [0.15, 0.2) is 54.6 Å². The number of benzene rings is 2. The molecule has 1 heterocycles.